The molecule has 0 aliphatic heterocycles. The van der Waals surface area contributed by atoms with E-state index in [1.807, 2.05) is 42.6 Å². The van der Waals surface area contributed by atoms with E-state index in [-0.39, 0.29) is 5.91 Å². The van der Waals surface area contributed by atoms with Crippen molar-refractivity contribution in [3.05, 3.63) is 71.5 Å². The molecule has 0 saturated heterocycles. The Hall–Kier alpha value is -2.63. The molecule has 0 unspecified atom stereocenters. The number of carbonyl (C=O) groups excluding carboxylic acids is 1. The number of hydrogen-bond acceptors (Lipinski definition) is 3. The SMILES string of the molecule is CN[C@H](C(=O)Nc1ccc(-c2cn[nH]c2)cc1)c1ccc(Cl)cc1. The second-order valence-corrected chi connectivity index (χ2v) is 5.76. The van der Waals surface area contributed by atoms with Crippen LogP contribution < -0.4 is 10.6 Å². The van der Waals surface area contributed by atoms with Gasteiger partial charge in [0.2, 0.25) is 5.91 Å². The van der Waals surface area contributed by atoms with Crippen molar-refractivity contribution in [2.45, 2.75) is 6.04 Å². The summed E-state index contributed by atoms with van der Waals surface area (Å²) < 4.78 is 0. The highest BCUT2D eigenvalue weighted by atomic mass is 35.5. The summed E-state index contributed by atoms with van der Waals surface area (Å²) in [6, 6.07) is 14.4. The molecule has 0 radical (unpaired) electrons. The molecule has 6 heteroatoms. The number of amides is 1. The molecule has 1 atom stereocenters. The molecule has 1 amide bonds. The summed E-state index contributed by atoms with van der Waals surface area (Å²) >= 11 is 5.90. The number of anilines is 1. The number of hydrogen-bond donors (Lipinski definition) is 3. The summed E-state index contributed by atoms with van der Waals surface area (Å²) in [6.45, 7) is 0. The van der Waals surface area contributed by atoms with Gasteiger partial charge in [0, 0.05) is 22.5 Å². The van der Waals surface area contributed by atoms with Crippen molar-refractivity contribution in [2.75, 3.05) is 12.4 Å². The van der Waals surface area contributed by atoms with Gasteiger partial charge < -0.3 is 10.6 Å². The van der Waals surface area contributed by atoms with Crippen LogP contribution in [-0.4, -0.2) is 23.2 Å². The van der Waals surface area contributed by atoms with Crippen LogP contribution in [0.15, 0.2) is 60.9 Å². The molecule has 122 valence electrons. The predicted octanol–water partition coefficient (Wildman–Crippen LogP) is 3.63. The molecule has 3 rings (SSSR count). The van der Waals surface area contributed by atoms with Gasteiger partial charge in [0.25, 0.3) is 0 Å². The van der Waals surface area contributed by atoms with Crippen LogP contribution >= 0.6 is 11.6 Å². The number of nitrogens with one attached hydrogen (secondary N) is 3. The van der Waals surface area contributed by atoms with E-state index in [4.69, 9.17) is 11.6 Å². The zero-order chi connectivity index (χ0) is 16.9. The number of aromatic nitrogens is 2. The molecule has 3 aromatic rings. The summed E-state index contributed by atoms with van der Waals surface area (Å²) in [5, 5.41) is 13.3. The van der Waals surface area contributed by atoms with Gasteiger partial charge >= 0.3 is 0 Å². The Morgan fingerprint density at radius 1 is 1.08 bits per heavy atom. The van der Waals surface area contributed by atoms with Crippen LogP contribution in [0.4, 0.5) is 5.69 Å². The van der Waals surface area contributed by atoms with Gasteiger partial charge in [-0.3, -0.25) is 9.89 Å². The maximum absolute atomic E-state index is 12.5. The van der Waals surface area contributed by atoms with E-state index in [1.165, 1.54) is 0 Å². The topological polar surface area (TPSA) is 69.8 Å². The first-order chi connectivity index (χ1) is 11.7. The highest BCUT2D eigenvalue weighted by molar-refractivity contribution is 6.30. The second-order valence-electron chi connectivity index (χ2n) is 5.33. The maximum atomic E-state index is 12.5. The standard InChI is InChI=1S/C18H17ClN4O/c1-20-17(13-2-6-15(19)7-3-13)18(24)23-16-8-4-12(5-9-16)14-10-21-22-11-14/h2-11,17,20H,1H3,(H,21,22)(H,23,24)/t17-/m0/s1. The van der Waals surface area contributed by atoms with E-state index in [2.05, 4.69) is 20.8 Å². The number of nitrogens with zero attached hydrogens (tertiary/aromatic N) is 1. The van der Waals surface area contributed by atoms with Crippen LogP contribution in [0.5, 0.6) is 0 Å². The lowest BCUT2D eigenvalue weighted by molar-refractivity contribution is -0.118. The lowest BCUT2D eigenvalue weighted by Gasteiger charge is -2.16. The van der Waals surface area contributed by atoms with Crippen LogP contribution in [0.25, 0.3) is 11.1 Å². The van der Waals surface area contributed by atoms with Gasteiger partial charge in [-0.15, -0.1) is 0 Å². The van der Waals surface area contributed by atoms with Gasteiger partial charge in [-0.1, -0.05) is 35.9 Å². The van der Waals surface area contributed by atoms with Crippen molar-refractivity contribution in [3.63, 3.8) is 0 Å². The third-order valence-electron chi connectivity index (χ3n) is 3.74. The van der Waals surface area contributed by atoms with Crippen molar-refractivity contribution in [1.82, 2.24) is 15.5 Å². The Bertz CT molecular complexity index is 798. The van der Waals surface area contributed by atoms with Crippen molar-refractivity contribution >= 4 is 23.2 Å². The van der Waals surface area contributed by atoms with Crippen LogP contribution in [0.1, 0.15) is 11.6 Å². The Morgan fingerprint density at radius 2 is 1.79 bits per heavy atom. The van der Waals surface area contributed by atoms with Crippen LogP contribution in [-0.2, 0) is 4.79 Å². The van der Waals surface area contributed by atoms with Gasteiger partial charge in [0.1, 0.15) is 6.04 Å². The Labute approximate surface area is 145 Å². The number of benzene rings is 2. The summed E-state index contributed by atoms with van der Waals surface area (Å²) in [4.78, 5) is 12.5. The minimum absolute atomic E-state index is 0.129. The van der Waals surface area contributed by atoms with E-state index in [9.17, 15) is 4.79 Å². The van der Waals surface area contributed by atoms with Gasteiger partial charge in [-0.2, -0.15) is 5.10 Å². The van der Waals surface area contributed by atoms with E-state index < -0.39 is 6.04 Å². The smallest absolute Gasteiger partial charge is 0.246 e. The quantitative estimate of drug-likeness (QED) is 0.664. The monoisotopic (exact) mass is 340 g/mol. The van der Waals surface area contributed by atoms with Crippen LogP contribution in [0.3, 0.4) is 0 Å². The molecule has 0 bridgehead atoms. The lowest BCUT2D eigenvalue weighted by atomic mass is 10.1. The molecule has 1 heterocycles. The molecular formula is C18H17ClN4O. The lowest BCUT2D eigenvalue weighted by Crippen LogP contribution is -2.30. The summed E-state index contributed by atoms with van der Waals surface area (Å²) in [5.41, 5.74) is 3.63. The summed E-state index contributed by atoms with van der Waals surface area (Å²) in [5.74, 6) is -0.129. The molecule has 0 spiro atoms. The normalized spacial score (nSPS) is 11.9. The average molecular weight is 341 g/mol. The zero-order valence-corrected chi connectivity index (χ0v) is 13.8. The molecule has 5 nitrogen and oxygen atoms in total. The minimum Gasteiger partial charge on any atom is -0.324 e. The Balaban J connectivity index is 1.72. The van der Waals surface area contributed by atoms with Crippen molar-refractivity contribution in [1.29, 1.82) is 0 Å². The number of H-pyrrole nitrogens is 1. The third-order valence-corrected chi connectivity index (χ3v) is 3.99. The number of likely N-dealkylation sites (N-methyl/N-ethyl adjacent to an activating group) is 1. The van der Waals surface area contributed by atoms with E-state index in [0.29, 0.717) is 5.02 Å². The Morgan fingerprint density at radius 3 is 2.38 bits per heavy atom. The molecule has 0 saturated carbocycles. The van der Waals surface area contributed by atoms with Gasteiger partial charge in [-0.05, 0) is 42.4 Å². The van der Waals surface area contributed by atoms with E-state index in [1.54, 1.807) is 25.4 Å². The highest BCUT2D eigenvalue weighted by Crippen LogP contribution is 2.22. The Kier molecular flexibility index (Phi) is 4.93. The zero-order valence-electron chi connectivity index (χ0n) is 13.1. The van der Waals surface area contributed by atoms with E-state index >= 15 is 0 Å². The van der Waals surface area contributed by atoms with Crippen LogP contribution in [0, 0.1) is 0 Å². The molecule has 3 N–H and O–H groups in total. The number of rotatable bonds is 5. The fraction of sp³-hybridized carbons (Fsp3) is 0.111. The third kappa shape index (κ3) is 3.64. The van der Waals surface area contributed by atoms with Crippen molar-refractivity contribution in [3.8, 4) is 11.1 Å². The van der Waals surface area contributed by atoms with E-state index in [0.717, 1.165) is 22.4 Å². The second kappa shape index (κ2) is 7.29. The molecule has 24 heavy (non-hydrogen) atoms. The largest absolute Gasteiger partial charge is 0.324 e. The highest BCUT2D eigenvalue weighted by Gasteiger charge is 2.18. The van der Waals surface area contributed by atoms with Gasteiger partial charge in [0.15, 0.2) is 0 Å². The molecule has 2 aromatic carbocycles. The van der Waals surface area contributed by atoms with Gasteiger partial charge in [-0.25, -0.2) is 0 Å². The molecular weight excluding hydrogens is 324 g/mol. The van der Waals surface area contributed by atoms with Crippen molar-refractivity contribution < 1.29 is 4.79 Å². The minimum atomic E-state index is -0.448. The van der Waals surface area contributed by atoms with Gasteiger partial charge in [0.05, 0.1) is 6.20 Å². The summed E-state index contributed by atoms with van der Waals surface area (Å²) in [7, 11) is 1.75. The summed E-state index contributed by atoms with van der Waals surface area (Å²) in [6.07, 6.45) is 3.58. The maximum Gasteiger partial charge on any atom is 0.246 e. The first-order valence-corrected chi connectivity index (χ1v) is 7.88. The first-order valence-electron chi connectivity index (χ1n) is 7.50. The molecule has 0 aliphatic rings. The number of aromatic amines is 1. The average Bonchev–Trinajstić information content (AvgIpc) is 3.12. The fourth-order valence-corrected chi connectivity index (χ4v) is 2.60. The first kappa shape index (κ1) is 16.2. The fourth-order valence-electron chi connectivity index (χ4n) is 2.47. The van der Waals surface area contributed by atoms with Crippen molar-refractivity contribution in [2.24, 2.45) is 0 Å². The number of carbonyl (C=O) groups is 1. The predicted molar refractivity (Wildman–Crippen MR) is 95.9 cm³/mol. The molecule has 0 aliphatic carbocycles. The van der Waals surface area contributed by atoms with Crippen LogP contribution in [0.2, 0.25) is 5.02 Å². The number of halogens is 1. The molecule has 1 aromatic heterocycles. The molecule has 0 fully saturated rings.